The van der Waals surface area contributed by atoms with Crippen LogP contribution in [-0.2, 0) is 10.3 Å². The topological polar surface area (TPSA) is 61.0 Å². The molecule has 0 aromatic carbocycles. The Morgan fingerprint density at radius 3 is 2.76 bits per heavy atom. The summed E-state index contributed by atoms with van der Waals surface area (Å²) in [6.45, 7) is 6.81. The Kier molecular flexibility index (Phi) is 3.45. The highest BCUT2D eigenvalue weighted by Gasteiger charge is 2.33. The largest absolute Gasteiger partial charge is 0.367 e. The summed E-state index contributed by atoms with van der Waals surface area (Å²) in [5.74, 6) is 0.791. The lowest BCUT2D eigenvalue weighted by Crippen LogP contribution is -2.32. The van der Waals surface area contributed by atoms with E-state index in [1.807, 2.05) is 20.0 Å². The van der Waals surface area contributed by atoms with Crippen molar-refractivity contribution < 1.29 is 4.74 Å². The monoisotopic (exact) mass is 235 g/mol. The molecule has 1 saturated heterocycles. The summed E-state index contributed by atoms with van der Waals surface area (Å²) in [5.41, 5.74) is 7.51. The van der Waals surface area contributed by atoms with Crippen molar-refractivity contribution >= 4 is 0 Å². The lowest BCUT2D eigenvalue weighted by atomic mass is 9.94. The zero-order valence-electron chi connectivity index (χ0n) is 10.9. The Morgan fingerprint density at radius 2 is 2.24 bits per heavy atom. The molecular formula is C13H21N3O. The maximum Gasteiger partial charge on any atom is 0.160 e. The quantitative estimate of drug-likeness (QED) is 0.853. The molecule has 2 rings (SSSR count). The van der Waals surface area contributed by atoms with Crippen molar-refractivity contribution in [1.29, 1.82) is 0 Å². The van der Waals surface area contributed by atoms with Gasteiger partial charge in [-0.25, -0.2) is 9.97 Å². The zero-order chi connectivity index (χ0) is 12.5. The van der Waals surface area contributed by atoms with E-state index in [1.165, 1.54) is 6.42 Å². The van der Waals surface area contributed by atoms with Crippen molar-refractivity contribution in [2.45, 2.75) is 51.7 Å². The third-order valence-corrected chi connectivity index (χ3v) is 3.45. The summed E-state index contributed by atoms with van der Waals surface area (Å²) >= 11 is 0. The van der Waals surface area contributed by atoms with Gasteiger partial charge in [0, 0.05) is 30.1 Å². The van der Waals surface area contributed by atoms with Gasteiger partial charge in [0.25, 0.3) is 0 Å². The van der Waals surface area contributed by atoms with Gasteiger partial charge in [0.05, 0.1) is 0 Å². The molecule has 0 radical (unpaired) electrons. The van der Waals surface area contributed by atoms with Crippen LogP contribution in [0.5, 0.6) is 0 Å². The van der Waals surface area contributed by atoms with E-state index in [9.17, 15) is 0 Å². The van der Waals surface area contributed by atoms with Gasteiger partial charge in [-0.05, 0) is 40.0 Å². The molecule has 1 aliphatic rings. The summed E-state index contributed by atoms with van der Waals surface area (Å²) in [6.07, 6.45) is 5.13. The maximum absolute atomic E-state index is 5.86. The van der Waals surface area contributed by atoms with E-state index >= 15 is 0 Å². The third kappa shape index (κ3) is 2.48. The number of ether oxygens (including phenoxy) is 1. The normalized spacial score (nSPS) is 26.8. The molecule has 2 atom stereocenters. The van der Waals surface area contributed by atoms with Crippen LogP contribution in [0.2, 0.25) is 0 Å². The van der Waals surface area contributed by atoms with Crippen LogP contribution in [-0.4, -0.2) is 16.6 Å². The second-order valence-electron chi connectivity index (χ2n) is 5.06. The second-order valence-corrected chi connectivity index (χ2v) is 5.06. The standard InChI is InChI=1S/C13H21N3O/c1-9(14)11-8-15-12(16-10(11)2)13(3)6-4-5-7-17-13/h8-9H,4-7,14H2,1-3H3/t9-,13?/m1/s1. The lowest BCUT2D eigenvalue weighted by molar-refractivity contribution is -0.0761. The van der Waals surface area contributed by atoms with Crippen LogP contribution in [0, 0.1) is 6.92 Å². The summed E-state index contributed by atoms with van der Waals surface area (Å²) in [5, 5.41) is 0. The number of nitrogens with zero attached hydrogens (tertiary/aromatic N) is 2. The summed E-state index contributed by atoms with van der Waals surface area (Å²) in [4.78, 5) is 9.01. The fourth-order valence-electron chi connectivity index (χ4n) is 2.29. The Bertz CT molecular complexity index is 398. The zero-order valence-corrected chi connectivity index (χ0v) is 10.9. The Hall–Kier alpha value is -1.00. The van der Waals surface area contributed by atoms with Crippen molar-refractivity contribution in [3.05, 3.63) is 23.3 Å². The molecule has 1 aromatic heterocycles. The van der Waals surface area contributed by atoms with Crippen molar-refractivity contribution in [2.24, 2.45) is 5.73 Å². The van der Waals surface area contributed by atoms with Crippen LogP contribution >= 0.6 is 0 Å². The van der Waals surface area contributed by atoms with Crippen molar-refractivity contribution in [2.75, 3.05) is 6.61 Å². The molecular weight excluding hydrogens is 214 g/mol. The van der Waals surface area contributed by atoms with Gasteiger partial charge in [-0.3, -0.25) is 0 Å². The van der Waals surface area contributed by atoms with Crippen LogP contribution in [0.4, 0.5) is 0 Å². The molecule has 2 heterocycles. The summed E-state index contributed by atoms with van der Waals surface area (Å²) in [6, 6.07) is -0.0240. The van der Waals surface area contributed by atoms with E-state index in [0.29, 0.717) is 0 Å². The molecule has 4 heteroatoms. The molecule has 0 spiro atoms. The average Bonchev–Trinajstić information content (AvgIpc) is 2.29. The lowest BCUT2D eigenvalue weighted by Gasteiger charge is -2.32. The fraction of sp³-hybridized carbons (Fsp3) is 0.692. The van der Waals surface area contributed by atoms with Crippen molar-refractivity contribution in [3.8, 4) is 0 Å². The molecule has 1 fully saturated rings. The predicted molar refractivity (Wildman–Crippen MR) is 66.5 cm³/mol. The Morgan fingerprint density at radius 1 is 1.47 bits per heavy atom. The number of nitrogens with two attached hydrogens (primary N) is 1. The van der Waals surface area contributed by atoms with Crippen LogP contribution < -0.4 is 5.73 Å². The minimum atomic E-state index is -0.320. The van der Waals surface area contributed by atoms with Gasteiger partial charge in [-0.15, -0.1) is 0 Å². The highest BCUT2D eigenvalue weighted by Crippen LogP contribution is 2.32. The van der Waals surface area contributed by atoms with Gasteiger partial charge < -0.3 is 10.5 Å². The van der Waals surface area contributed by atoms with Gasteiger partial charge in [-0.1, -0.05) is 0 Å². The third-order valence-electron chi connectivity index (χ3n) is 3.45. The van der Waals surface area contributed by atoms with E-state index in [-0.39, 0.29) is 11.6 Å². The van der Waals surface area contributed by atoms with E-state index < -0.39 is 0 Å². The first-order valence-corrected chi connectivity index (χ1v) is 6.26. The first kappa shape index (κ1) is 12.5. The summed E-state index contributed by atoms with van der Waals surface area (Å²) < 4.78 is 5.85. The van der Waals surface area contributed by atoms with E-state index in [2.05, 4.69) is 16.9 Å². The molecule has 2 N–H and O–H groups in total. The molecule has 1 aliphatic heterocycles. The van der Waals surface area contributed by atoms with Gasteiger partial charge in [0.15, 0.2) is 5.82 Å². The Balaban J connectivity index is 2.30. The molecule has 94 valence electrons. The fourth-order valence-corrected chi connectivity index (χ4v) is 2.29. The minimum absolute atomic E-state index is 0.0240. The van der Waals surface area contributed by atoms with Crippen LogP contribution in [0.25, 0.3) is 0 Å². The Labute approximate surface area is 103 Å². The van der Waals surface area contributed by atoms with E-state index in [1.54, 1.807) is 0 Å². The first-order valence-electron chi connectivity index (χ1n) is 6.26. The molecule has 0 amide bonds. The molecule has 17 heavy (non-hydrogen) atoms. The van der Waals surface area contributed by atoms with E-state index in [0.717, 1.165) is 36.5 Å². The van der Waals surface area contributed by atoms with Gasteiger partial charge in [0.1, 0.15) is 5.60 Å². The van der Waals surface area contributed by atoms with E-state index in [4.69, 9.17) is 10.5 Å². The molecule has 0 bridgehead atoms. The highest BCUT2D eigenvalue weighted by molar-refractivity contribution is 5.21. The second kappa shape index (κ2) is 4.70. The first-order chi connectivity index (χ1) is 8.03. The highest BCUT2D eigenvalue weighted by atomic mass is 16.5. The molecule has 0 saturated carbocycles. The number of aromatic nitrogens is 2. The van der Waals surface area contributed by atoms with Crippen molar-refractivity contribution in [1.82, 2.24) is 9.97 Å². The van der Waals surface area contributed by atoms with Gasteiger partial charge in [-0.2, -0.15) is 0 Å². The minimum Gasteiger partial charge on any atom is -0.367 e. The van der Waals surface area contributed by atoms with Crippen molar-refractivity contribution in [3.63, 3.8) is 0 Å². The summed E-state index contributed by atoms with van der Waals surface area (Å²) in [7, 11) is 0. The number of hydrogen-bond acceptors (Lipinski definition) is 4. The van der Waals surface area contributed by atoms with Crippen LogP contribution in [0.3, 0.4) is 0 Å². The molecule has 1 unspecified atom stereocenters. The smallest absolute Gasteiger partial charge is 0.160 e. The molecule has 0 aliphatic carbocycles. The predicted octanol–water partition coefficient (Wildman–Crippen LogP) is 2.22. The molecule has 4 nitrogen and oxygen atoms in total. The maximum atomic E-state index is 5.86. The number of aryl methyl sites for hydroxylation is 1. The van der Waals surface area contributed by atoms with Crippen LogP contribution in [0.1, 0.15) is 56.2 Å². The number of rotatable bonds is 2. The average molecular weight is 235 g/mol. The SMILES string of the molecule is Cc1nc(C2(C)CCCCO2)ncc1[C@@H](C)N. The number of hydrogen-bond donors (Lipinski definition) is 1. The molecule has 1 aromatic rings. The van der Waals surface area contributed by atoms with Crippen LogP contribution in [0.15, 0.2) is 6.20 Å². The van der Waals surface area contributed by atoms with Gasteiger partial charge in [0.2, 0.25) is 0 Å². The van der Waals surface area contributed by atoms with Gasteiger partial charge >= 0.3 is 0 Å².